The van der Waals surface area contributed by atoms with Crippen LogP contribution in [0.15, 0.2) is 0 Å². The van der Waals surface area contributed by atoms with Gasteiger partial charge in [-0.1, -0.05) is 0 Å². The fourth-order valence-corrected chi connectivity index (χ4v) is 0. The third-order valence-corrected chi connectivity index (χ3v) is 0. The minimum absolute atomic E-state index is 0. The van der Waals surface area contributed by atoms with Crippen LogP contribution in [0.2, 0.25) is 0 Å². The number of hydrogen-bond donors (Lipinski definition) is 0. The summed E-state index contributed by atoms with van der Waals surface area (Å²) in [5.41, 5.74) is 0. The summed E-state index contributed by atoms with van der Waals surface area (Å²) in [5.74, 6) is 0. The first-order chi connectivity index (χ1) is 8.66. The van der Waals surface area contributed by atoms with Gasteiger partial charge in [0.25, 0.3) is 0 Å². The maximum absolute atomic E-state index is 8.60. The summed E-state index contributed by atoms with van der Waals surface area (Å²) in [6, 6.07) is 0. The van der Waals surface area contributed by atoms with E-state index in [1.807, 2.05) is 0 Å². The van der Waals surface area contributed by atoms with Crippen LogP contribution >= 0.6 is 0 Å². The van der Waals surface area contributed by atoms with Crippen molar-refractivity contribution >= 4 is 0 Å². The molecule has 25 heteroatoms. The molecular formula is K3Li2Nb5O15. The normalized spacial score (nSPS) is 5.00. The summed E-state index contributed by atoms with van der Waals surface area (Å²) in [6.45, 7) is 0. The van der Waals surface area contributed by atoms with E-state index in [2.05, 4.69) is 0 Å². The molecule has 0 saturated heterocycles. The van der Waals surface area contributed by atoms with Crippen molar-refractivity contribution in [3.8, 4) is 0 Å². The van der Waals surface area contributed by atoms with Gasteiger partial charge in [0.05, 0.1) is 0 Å². The Morgan fingerprint density at radius 1 is 0.320 bits per heavy atom. The zero-order valence-electron chi connectivity index (χ0n) is 13.4. The third kappa shape index (κ3) is 479. The molecular weight excluding hydrogens is 836 g/mol. The monoisotopic (exact) mass is 835 g/mol. The Morgan fingerprint density at radius 3 is 0.320 bits per heavy atom. The first kappa shape index (κ1) is 63.7. The molecule has 0 aliphatic carbocycles. The van der Waals surface area contributed by atoms with E-state index in [1.165, 1.54) is 0 Å². The van der Waals surface area contributed by atoms with Gasteiger partial charge in [-0.3, -0.25) is 0 Å². The minimum atomic E-state index is -4.20. The molecule has 0 atom stereocenters. The summed E-state index contributed by atoms with van der Waals surface area (Å²) in [4.78, 5) is 0. The second-order valence-corrected chi connectivity index (χ2v) is 6.61. The second-order valence-electron chi connectivity index (χ2n) is 1.12. The van der Waals surface area contributed by atoms with Crippen LogP contribution < -0.4 is 210 Å². The van der Waals surface area contributed by atoms with Gasteiger partial charge in [0, 0.05) is 0 Å². The first-order valence-corrected chi connectivity index (χ1v) is 16.2. The van der Waals surface area contributed by atoms with E-state index in [9.17, 15) is 0 Å². The van der Waals surface area contributed by atoms with Gasteiger partial charge in [-0.25, -0.2) is 0 Å². The molecule has 0 radical (unpaired) electrons. The Morgan fingerprint density at radius 2 is 0.320 bits per heavy atom. The van der Waals surface area contributed by atoms with E-state index < -0.39 is 93.9 Å². The Kier molecular flexibility index (Phi) is 148. The molecule has 120 valence electrons. The SMILES string of the molecule is [K+].[K+].[K+].[Li+].[Li+].[O]=[Nb](=[O])[O-].[O]=[Nb](=[O])[O-].[O]=[Nb](=[O])[O-].[O]=[Nb](=[O])[O-].[O]=[Nb](=[O])[O-]. The van der Waals surface area contributed by atoms with Crippen molar-refractivity contribution in [2.75, 3.05) is 0 Å². The molecule has 0 N–H and O–H groups in total. The average Bonchev–Trinajstić information content (AvgIpc) is 1.94. The van der Waals surface area contributed by atoms with Crippen molar-refractivity contribution in [3.63, 3.8) is 0 Å². The van der Waals surface area contributed by atoms with E-state index in [-0.39, 0.29) is 192 Å². The van der Waals surface area contributed by atoms with E-state index in [4.69, 9.17) is 50.6 Å². The van der Waals surface area contributed by atoms with Gasteiger partial charge in [0.2, 0.25) is 0 Å². The number of rotatable bonds is 0. The molecule has 0 aliphatic heterocycles. The van der Waals surface area contributed by atoms with E-state index in [1.54, 1.807) is 0 Å². The Bertz CT molecular complexity index is 397. The van der Waals surface area contributed by atoms with Crippen LogP contribution in [0.25, 0.3) is 0 Å². The molecule has 0 amide bonds. The van der Waals surface area contributed by atoms with Crippen LogP contribution in [0.4, 0.5) is 0 Å². The molecule has 15 nitrogen and oxygen atoms in total. The Balaban J connectivity index is -0.0000000134. The summed E-state index contributed by atoms with van der Waals surface area (Å²) in [5, 5.41) is 0. The molecule has 0 aliphatic rings. The molecule has 0 heterocycles. The predicted molar refractivity (Wildman–Crippen MR) is 6.86 cm³/mol. The zero-order chi connectivity index (χ0) is 17.9. The van der Waals surface area contributed by atoms with Gasteiger partial charge >= 0.3 is 336 Å². The van der Waals surface area contributed by atoms with E-state index in [0.717, 1.165) is 0 Å². The molecule has 25 heavy (non-hydrogen) atoms. The molecule has 0 aromatic rings. The van der Waals surface area contributed by atoms with Crippen LogP contribution in [-0.2, 0) is 126 Å². The summed E-state index contributed by atoms with van der Waals surface area (Å²) in [7, 11) is 0. The Hall–Kier alpha value is 7.61. The van der Waals surface area contributed by atoms with E-state index >= 15 is 0 Å². The number of hydrogen-bond acceptors (Lipinski definition) is 15. The molecule has 0 aromatic carbocycles. The quantitative estimate of drug-likeness (QED) is 0.205. The van der Waals surface area contributed by atoms with Gasteiger partial charge in [0.15, 0.2) is 0 Å². The van der Waals surface area contributed by atoms with Crippen LogP contribution in [0, 0.1) is 0 Å². The molecule has 0 unspecified atom stereocenters. The fourth-order valence-electron chi connectivity index (χ4n) is 0. The van der Waals surface area contributed by atoms with Gasteiger partial charge in [-0.15, -0.1) is 0 Å². The van der Waals surface area contributed by atoms with Gasteiger partial charge in [0.1, 0.15) is 0 Å². The Labute approximate surface area is 326 Å². The average molecular weight is 836 g/mol. The molecule has 0 aromatic heterocycles. The maximum atomic E-state index is 8.60. The van der Waals surface area contributed by atoms with Crippen LogP contribution in [0.5, 0.6) is 0 Å². The standard InChI is InChI=1S/3K.2Li.5Nb.15O/q5*+1;;;;;;;;;;;;;;;;5*-1. The van der Waals surface area contributed by atoms with Crippen LogP contribution in [0.1, 0.15) is 0 Å². The molecule has 0 saturated carbocycles. The van der Waals surface area contributed by atoms with Crippen molar-refractivity contribution < 1.29 is 336 Å². The van der Waals surface area contributed by atoms with Crippen molar-refractivity contribution in [1.82, 2.24) is 0 Å². The summed E-state index contributed by atoms with van der Waals surface area (Å²) < 4.78 is 129. The van der Waals surface area contributed by atoms with Crippen LogP contribution in [-0.4, -0.2) is 0 Å². The van der Waals surface area contributed by atoms with Gasteiger partial charge in [-0.05, 0) is 0 Å². The van der Waals surface area contributed by atoms with Crippen molar-refractivity contribution in [3.05, 3.63) is 0 Å². The molecule has 0 rings (SSSR count). The first-order valence-electron chi connectivity index (χ1n) is 2.74. The molecule has 0 spiro atoms. The molecule has 0 bridgehead atoms. The predicted octanol–water partition coefficient (Wildman–Crippen LogP) is -22.1. The summed E-state index contributed by atoms with van der Waals surface area (Å²) >= 11 is -21.0. The topological polar surface area (TPSA) is 286 Å². The van der Waals surface area contributed by atoms with Gasteiger partial charge < -0.3 is 0 Å². The van der Waals surface area contributed by atoms with Crippen LogP contribution in [0.3, 0.4) is 0 Å². The van der Waals surface area contributed by atoms with Crippen molar-refractivity contribution in [2.45, 2.75) is 0 Å². The van der Waals surface area contributed by atoms with Gasteiger partial charge in [-0.2, -0.15) is 0 Å². The fraction of sp³-hybridized carbons (Fsp3) is 0. The summed E-state index contributed by atoms with van der Waals surface area (Å²) in [6.07, 6.45) is 0. The molecule has 0 fully saturated rings. The van der Waals surface area contributed by atoms with Crippen molar-refractivity contribution in [1.29, 1.82) is 0 Å². The third-order valence-electron chi connectivity index (χ3n) is 0. The second kappa shape index (κ2) is 57.9. The van der Waals surface area contributed by atoms with E-state index in [0.29, 0.717) is 0 Å². The van der Waals surface area contributed by atoms with Crippen molar-refractivity contribution in [2.24, 2.45) is 0 Å². The zero-order valence-corrected chi connectivity index (χ0v) is 33.7.